The van der Waals surface area contributed by atoms with Crippen LogP contribution in [0.25, 0.3) is 5.57 Å². The fourth-order valence-corrected chi connectivity index (χ4v) is 5.34. The van der Waals surface area contributed by atoms with Gasteiger partial charge in [0.25, 0.3) is 0 Å². The standard InChI is InChI=1S/C26H41FN4O.C5H10O/c1-6-19(4)22-15-25(32)26(28-16-22)30-13-14-31(23(8-3)18-30)24-9-11-29(12-10-24)17-21(7-2)20(5)27;1-3-5(6)4-2/h15-16,23-24,32H,4,6-14,17-18H2,1-3,5H3;3,6H,4H2,1-2H3/b21-20-;5-3+. The van der Waals surface area contributed by atoms with Crippen molar-refractivity contribution in [2.45, 2.75) is 92.2 Å². The molecule has 1 aromatic heterocycles. The maximum absolute atomic E-state index is 13.7. The highest BCUT2D eigenvalue weighted by Crippen LogP contribution is 2.32. The van der Waals surface area contributed by atoms with Crippen LogP contribution in [0.4, 0.5) is 10.2 Å². The number of piperidine rings is 1. The predicted molar refractivity (Wildman–Crippen MR) is 158 cm³/mol. The molecular weight excluding hydrogens is 479 g/mol. The molecule has 0 amide bonds. The van der Waals surface area contributed by atoms with E-state index in [2.05, 4.69) is 40.1 Å². The molecule has 1 unspecified atom stereocenters. The van der Waals surface area contributed by atoms with E-state index >= 15 is 0 Å². The molecule has 2 N–H and O–H groups in total. The van der Waals surface area contributed by atoms with Gasteiger partial charge < -0.3 is 15.1 Å². The van der Waals surface area contributed by atoms with Crippen LogP contribution in [0.5, 0.6) is 5.75 Å². The number of halogens is 1. The number of anilines is 1. The third kappa shape index (κ3) is 8.84. The van der Waals surface area contributed by atoms with Crippen molar-refractivity contribution in [3.63, 3.8) is 0 Å². The molecule has 0 spiro atoms. The van der Waals surface area contributed by atoms with Crippen molar-refractivity contribution in [1.82, 2.24) is 14.8 Å². The van der Waals surface area contributed by atoms with Gasteiger partial charge in [-0.25, -0.2) is 9.37 Å². The van der Waals surface area contributed by atoms with E-state index in [1.54, 1.807) is 19.1 Å². The molecule has 2 aliphatic rings. The van der Waals surface area contributed by atoms with Crippen LogP contribution in [0.2, 0.25) is 0 Å². The highest BCUT2D eigenvalue weighted by Gasteiger charge is 2.34. The topological polar surface area (TPSA) is 63.1 Å². The van der Waals surface area contributed by atoms with Crippen LogP contribution in [-0.2, 0) is 0 Å². The van der Waals surface area contributed by atoms with Crippen LogP contribution in [0.3, 0.4) is 0 Å². The summed E-state index contributed by atoms with van der Waals surface area (Å²) in [5, 5.41) is 19.2. The second-order valence-corrected chi connectivity index (χ2v) is 10.4. The number of allylic oxidation sites excluding steroid dienone is 4. The number of likely N-dealkylation sites (tertiary alicyclic amines) is 1. The van der Waals surface area contributed by atoms with E-state index in [4.69, 9.17) is 5.11 Å². The lowest BCUT2D eigenvalue weighted by molar-refractivity contribution is 0.0653. The fraction of sp³-hybridized carbons (Fsp3) is 0.645. The number of piperazine rings is 1. The summed E-state index contributed by atoms with van der Waals surface area (Å²) in [6.07, 6.45) is 9.26. The van der Waals surface area contributed by atoms with Crippen LogP contribution in [0.1, 0.15) is 85.6 Å². The Bertz CT molecular complexity index is 949. The number of nitrogens with zero attached hydrogens (tertiary/aromatic N) is 4. The van der Waals surface area contributed by atoms with Gasteiger partial charge in [-0.15, -0.1) is 0 Å². The highest BCUT2D eigenvalue weighted by atomic mass is 19.1. The van der Waals surface area contributed by atoms with Gasteiger partial charge in [-0.3, -0.25) is 9.80 Å². The number of aromatic hydroxyl groups is 1. The zero-order valence-corrected chi connectivity index (χ0v) is 24.6. The average Bonchev–Trinajstić information content (AvgIpc) is 2.95. The molecule has 38 heavy (non-hydrogen) atoms. The monoisotopic (exact) mass is 530 g/mol. The first-order chi connectivity index (χ1) is 18.2. The summed E-state index contributed by atoms with van der Waals surface area (Å²) in [5.74, 6) is 1.39. The van der Waals surface area contributed by atoms with Crippen molar-refractivity contribution in [3.05, 3.63) is 47.6 Å². The molecule has 0 radical (unpaired) electrons. The normalized spacial score (nSPS) is 20.6. The van der Waals surface area contributed by atoms with E-state index in [1.807, 2.05) is 27.0 Å². The first-order valence-corrected chi connectivity index (χ1v) is 14.5. The van der Waals surface area contributed by atoms with Crippen molar-refractivity contribution in [2.24, 2.45) is 0 Å². The van der Waals surface area contributed by atoms with Gasteiger partial charge in [-0.1, -0.05) is 34.3 Å². The molecule has 1 aromatic rings. The summed E-state index contributed by atoms with van der Waals surface area (Å²) < 4.78 is 13.7. The van der Waals surface area contributed by atoms with Gasteiger partial charge in [0, 0.05) is 50.9 Å². The third-order valence-electron chi connectivity index (χ3n) is 8.03. The second-order valence-electron chi connectivity index (χ2n) is 10.4. The van der Waals surface area contributed by atoms with Gasteiger partial charge in [0.15, 0.2) is 11.6 Å². The van der Waals surface area contributed by atoms with Gasteiger partial charge in [-0.2, -0.15) is 0 Å². The Balaban J connectivity index is 0.000000757. The molecule has 2 fully saturated rings. The molecule has 2 aliphatic heterocycles. The molecule has 0 saturated carbocycles. The summed E-state index contributed by atoms with van der Waals surface area (Å²) in [6.45, 7) is 21.3. The lowest BCUT2D eigenvalue weighted by Gasteiger charge is -2.47. The Labute approximate surface area is 230 Å². The first kappa shape index (κ1) is 31.8. The van der Waals surface area contributed by atoms with E-state index in [9.17, 15) is 9.50 Å². The summed E-state index contributed by atoms with van der Waals surface area (Å²) in [7, 11) is 0. The molecular formula is C31H51FN4O2. The van der Waals surface area contributed by atoms with E-state index < -0.39 is 0 Å². The minimum absolute atomic E-state index is 0.0132. The Kier molecular flexibility index (Phi) is 13.3. The SMILES string of the molecule is C/C=C(/O)CC.C=C(CC)c1cnc(N2CCN(C3CCN(C/C(CC)=C(/C)F)CC3)C(CC)C2)c(O)c1. The number of aliphatic hydroxyl groups is 1. The van der Waals surface area contributed by atoms with Crippen molar-refractivity contribution in [2.75, 3.05) is 44.2 Å². The molecule has 214 valence electrons. The number of hydrogen-bond acceptors (Lipinski definition) is 6. The fourth-order valence-electron chi connectivity index (χ4n) is 5.34. The smallest absolute Gasteiger partial charge is 0.171 e. The van der Waals surface area contributed by atoms with Gasteiger partial charge in [0.2, 0.25) is 0 Å². The van der Waals surface area contributed by atoms with Crippen LogP contribution in [0, 0.1) is 0 Å². The van der Waals surface area contributed by atoms with Crippen molar-refractivity contribution in [1.29, 1.82) is 0 Å². The molecule has 2 saturated heterocycles. The molecule has 6 nitrogen and oxygen atoms in total. The highest BCUT2D eigenvalue weighted by molar-refractivity contribution is 5.66. The van der Waals surface area contributed by atoms with E-state index in [-0.39, 0.29) is 11.6 Å². The third-order valence-corrected chi connectivity index (χ3v) is 8.03. The average molecular weight is 531 g/mol. The maximum Gasteiger partial charge on any atom is 0.171 e. The number of hydrogen-bond donors (Lipinski definition) is 2. The maximum atomic E-state index is 13.7. The lowest BCUT2D eigenvalue weighted by Crippen LogP contribution is -2.58. The van der Waals surface area contributed by atoms with E-state index in [0.717, 1.165) is 94.5 Å². The molecule has 3 rings (SSSR count). The number of pyridine rings is 1. The summed E-state index contributed by atoms with van der Waals surface area (Å²) >= 11 is 0. The number of rotatable bonds is 9. The van der Waals surface area contributed by atoms with E-state index in [1.165, 1.54) is 0 Å². The Morgan fingerprint density at radius 2 is 1.79 bits per heavy atom. The minimum atomic E-state index is -0.0132. The van der Waals surface area contributed by atoms with Crippen molar-refractivity contribution < 1.29 is 14.6 Å². The molecule has 3 heterocycles. The molecule has 0 aromatic carbocycles. The van der Waals surface area contributed by atoms with E-state index in [0.29, 0.717) is 23.7 Å². The second kappa shape index (κ2) is 15.9. The zero-order chi connectivity index (χ0) is 28.2. The van der Waals surface area contributed by atoms with Gasteiger partial charge >= 0.3 is 0 Å². The lowest BCUT2D eigenvalue weighted by atomic mass is 9.97. The first-order valence-electron chi connectivity index (χ1n) is 14.5. The van der Waals surface area contributed by atoms with Crippen molar-refractivity contribution in [3.8, 4) is 5.75 Å². The van der Waals surface area contributed by atoms with Crippen LogP contribution < -0.4 is 4.90 Å². The Morgan fingerprint density at radius 3 is 2.26 bits per heavy atom. The molecule has 1 atom stereocenters. The van der Waals surface area contributed by atoms with Crippen molar-refractivity contribution >= 4 is 11.4 Å². The van der Waals surface area contributed by atoms with Gasteiger partial charge in [0.05, 0.1) is 11.6 Å². The Hall–Kier alpha value is -2.38. The van der Waals surface area contributed by atoms with Crippen LogP contribution >= 0.6 is 0 Å². The largest absolute Gasteiger partial charge is 0.513 e. The quantitative estimate of drug-likeness (QED) is 0.333. The summed E-state index contributed by atoms with van der Waals surface area (Å²) in [4.78, 5) is 11.9. The summed E-state index contributed by atoms with van der Waals surface area (Å²) in [6, 6.07) is 2.83. The number of aliphatic hydroxyl groups excluding tert-OH is 1. The van der Waals surface area contributed by atoms with Crippen LogP contribution in [0.15, 0.2) is 42.1 Å². The van der Waals surface area contributed by atoms with Crippen LogP contribution in [-0.4, -0.2) is 76.3 Å². The van der Waals surface area contributed by atoms with Gasteiger partial charge in [-0.05, 0) is 87.9 Å². The van der Waals surface area contributed by atoms with Gasteiger partial charge in [0.1, 0.15) is 0 Å². The molecule has 7 heteroatoms. The minimum Gasteiger partial charge on any atom is -0.513 e. The molecule has 0 aliphatic carbocycles. The summed E-state index contributed by atoms with van der Waals surface area (Å²) in [5.41, 5.74) is 2.84. The number of aromatic nitrogens is 1. The zero-order valence-electron chi connectivity index (χ0n) is 24.6. The molecule has 0 bridgehead atoms. The Morgan fingerprint density at radius 1 is 1.11 bits per heavy atom. The predicted octanol–water partition coefficient (Wildman–Crippen LogP) is 7.09.